The van der Waals surface area contributed by atoms with Crippen LogP contribution in [0.25, 0.3) is 22.9 Å². The Morgan fingerprint density at radius 3 is 2.65 bits per heavy atom. The number of nitrogens with one attached hydrogen (secondary N) is 1. The van der Waals surface area contributed by atoms with Crippen LogP contribution in [0, 0.1) is 5.82 Å². The Morgan fingerprint density at radius 1 is 1.13 bits per heavy atom. The number of rotatable bonds is 5. The molecule has 1 aromatic carbocycles. The number of halogens is 4. The van der Waals surface area contributed by atoms with Gasteiger partial charge in [0, 0.05) is 17.8 Å². The van der Waals surface area contributed by atoms with Crippen molar-refractivity contribution in [2.75, 3.05) is 5.32 Å². The number of anilines is 1. The van der Waals surface area contributed by atoms with Crippen LogP contribution in [-0.2, 0) is 11.3 Å². The van der Waals surface area contributed by atoms with Crippen LogP contribution >= 0.6 is 0 Å². The molecule has 1 amide bonds. The van der Waals surface area contributed by atoms with Crippen molar-refractivity contribution in [3.8, 4) is 22.9 Å². The van der Waals surface area contributed by atoms with Gasteiger partial charge in [0.05, 0.1) is 12.2 Å². The normalized spacial score (nSPS) is 11.5. The highest BCUT2D eigenvalue weighted by Crippen LogP contribution is 2.25. The summed E-state index contributed by atoms with van der Waals surface area (Å²) in [7, 11) is 0. The number of nitrogens with zero attached hydrogens (tertiary/aromatic N) is 5. The van der Waals surface area contributed by atoms with Gasteiger partial charge in [0.25, 0.3) is 0 Å². The average molecular weight is 432 g/mol. The number of hydrogen-bond acceptors (Lipinski definition) is 6. The van der Waals surface area contributed by atoms with Gasteiger partial charge in [-0.2, -0.15) is 18.3 Å². The number of hydrogen-bond donors (Lipinski definition) is 1. The molecule has 0 radical (unpaired) electrons. The fraction of sp³-hybridized carbons (Fsp3) is 0.105. The monoisotopic (exact) mass is 432 g/mol. The molecule has 4 aromatic rings. The largest absolute Gasteiger partial charge is 0.471 e. The molecule has 0 aliphatic carbocycles. The van der Waals surface area contributed by atoms with Crippen molar-refractivity contribution >= 4 is 11.7 Å². The van der Waals surface area contributed by atoms with Crippen molar-refractivity contribution < 1.29 is 26.9 Å². The Balaban J connectivity index is 1.71. The first-order valence-electron chi connectivity index (χ1n) is 8.75. The van der Waals surface area contributed by atoms with Crippen LogP contribution in [-0.4, -0.2) is 37.0 Å². The molecule has 8 nitrogen and oxygen atoms in total. The van der Waals surface area contributed by atoms with Crippen LogP contribution in [0.2, 0.25) is 0 Å². The van der Waals surface area contributed by atoms with Crippen LogP contribution in [0.4, 0.5) is 23.4 Å². The van der Waals surface area contributed by atoms with Gasteiger partial charge < -0.3 is 9.84 Å². The van der Waals surface area contributed by atoms with E-state index in [1.54, 1.807) is 29.6 Å². The lowest BCUT2D eigenvalue weighted by atomic mass is 10.2. The molecular weight excluding hydrogens is 420 g/mol. The molecule has 4 rings (SSSR count). The minimum atomic E-state index is -5.06. The van der Waals surface area contributed by atoms with E-state index >= 15 is 0 Å². The lowest BCUT2D eigenvalue weighted by molar-refractivity contribution is -0.167. The highest BCUT2D eigenvalue weighted by atomic mass is 19.4. The van der Waals surface area contributed by atoms with E-state index in [9.17, 15) is 22.4 Å². The Labute approximate surface area is 171 Å². The van der Waals surface area contributed by atoms with Crippen molar-refractivity contribution in [2.24, 2.45) is 0 Å². The third-order valence-corrected chi connectivity index (χ3v) is 4.14. The molecule has 0 atom stereocenters. The summed E-state index contributed by atoms with van der Waals surface area (Å²) in [5.41, 5.74) is 1.38. The Morgan fingerprint density at radius 2 is 1.94 bits per heavy atom. The Kier molecular flexibility index (Phi) is 5.19. The second-order valence-electron chi connectivity index (χ2n) is 6.27. The third kappa shape index (κ3) is 4.42. The predicted molar refractivity (Wildman–Crippen MR) is 98.9 cm³/mol. The molecule has 3 heterocycles. The van der Waals surface area contributed by atoms with E-state index in [4.69, 9.17) is 4.52 Å². The predicted octanol–water partition coefficient (Wildman–Crippen LogP) is 3.68. The van der Waals surface area contributed by atoms with E-state index in [0.717, 1.165) is 6.07 Å². The quantitative estimate of drug-likeness (QED) is 0.483. The average Bonchev–Trinajstić information content (AvgIpc) is 3.39. The highest BCUT2D eigenvalue weighted by Gasteiger charge is 2.39. The number of benzene rings is 1. The van der Waals surface area contributed by atoms with Crippen LogP contribution in [0.15, 0.2) is 59.4 Å². The van der Waals surface area contributed by atoms with Gasteiger partial charge in [-0.05, 0) is 18.2 Å². The molecule has 0 bridgehead atoms. The second kappa shape index (κ2) is 7.97. The van der Waals surface area contributed by atoms with Gasteiger partial charge >= 0.3 is 12.1 Å². The third-order valence-electron chi connectivity index (χ3n) is 4.14. The molecule has 0 fully saturated rings. The van der Waals surface area contributed by atoms with Gasteiger partial charge in [0.1, 0.15) is 29.3 Å². The first kappa shape index (κ1) is 20.2. The van der Waals surface area contributed by atoms with Crippen molar-refractivity contribution in [1.29, 1.82) is 0 Å². The maximum absolute atomic E-state index is 14.1. The smallest absolute Gasteiger partial charge is 0.364 e. The zero-order valence-corrected chi connectivity index (χ0v) is 15.5. The molecule has 0 aliphatic rings. The van der Waals surface area contributed by atoms with E-state index in [0.29, 0.717) is 17.0 Å². The lowest BCUT2D eigenvalue weighted by Gasteiger charge is -2.07. The first-order valence-corrected chi connectivity index (χ1v) is 8.75. The van der Waals surface area contributed by atoms with Crippen molar-refractivity contribution in [3.05, 3.63) is 66.3 Å². The standard InChI is InChI=1S/C19H12F4N6O2/c20-12-4-2-1-3-11(12)10-29-15(13-6-8-31-28-13)9-14(27-29)17-24-7-5-16(25-17)26-18(30)19(21,22)23/h1-9H,10H2,(H,24,25,26,30). The molecule has 0 saturated carbocycles. The van der Waals surface area contributed by atoms with Crippen LogP contribution in [0.5, 0.6) is 0 Å². The molecule has 3 aromatic heterocycles. The molecule has 31 heavy (non-hydrogen) atoms. The molecule has 1 N–H and O–H groups in total. The molecule has 0 saturated heterocycles. The summed E-state index contributed by atoms with van der Waals surface area (Å²) >= 11 is 0. The summed E-state index contributed by atoms with van der Waals surface area (Å²) < 4.78 is 57.9. The topological polar surface area (TPSA) is 98.7 Å². The molecule has 12 heteroatoms. The SMILES string of the molecule is O=C(Nc1ccnc(-c2cc(-c3ccon3)n(Cc3ccccc3F)n2)n1)C(F)(F)F. The van der Waals surface area contributed by atoms with E-state index < -0.39 is 17.9 Å². The summed E-state index contributed by atoms with van der Waals surface area (Å²) in [6, 6.07) is 10.3. The summed E-state index contributed by atoms with van der Waals surface area (Å²) in [6.45, 7) is 0.0410. The van der Waals surface area contributed by atoms with E-state index in [2.05, 4.69) is 20.2 Å². The number of carbonyl (C=O) groups is 1. The zero-order valence-electron chi connectivity index (χ0n) is 15.5. The molecule has 0 spiro atoms. The van der Waals surface area contributed by atoms with Gasteiger partial charge in [0.15, 0.2) is 5.82 Å². The summed E-state index contributed by atoms with van der Waals surface area (Å²) in [6.07, 6.45) is -2.54. The Bertz CT molecular complexity index is 1220. The first-order chi connectivity index (χ1) is 14.8. The number of aromatic nitrogens is 5. The molecular formula is C19H12F4N6O2. The summed E-state index contributed by atoms with van der Waals surface area (Å²) in [5, 5.41) is 9.86. The number of carbonyl (C=O) groups excluding carboxylic acids is 1. The Hall–Kier alpha value is -4.09. The minimum absolute atomic E-state index is 0.0410. The number of amides is 1. The molecule has 0 aliphatic heterocycles. The van der Waals surface area contributed by atoms with Crippen molar-refractivity contribution in [3.63, 3.8) is 0 Å². The van der Waals surface area contributed by atoms with Gasteiger partial charge in [-0.15, -0.1) is 0 Å². The maximum atomic E-state index is 14.1. The van der Waals surface area contributed by atoms with Crippen molar-refractivity contribution in [2.45, 2.75) is 12.7 Å². The van der Waals surface area contributed by atoms with E-state index in [-0.39, 0.29) is 23.9 Å². The van der Waals surface area contributed by atoms with Gasteiger partial charge in [0.2, 0.25) is 0 Å². The van der Waals surface area contributed by atoms with Crippen molar-refractivity contribution in [1.82, 2.24) is 24.9 Å². The van der Waals surface area contributed by atoms with Crippen LogP contribution in [0.1, 0.15) is 5.56 Å². The summed E-state index contributed by atoms with van der Waals surface area (Å²) in [4.78, 5) is 19.1. The zero-order chi connectivity index (χ0) is 22.0. The number of alkyl halides is 3. The van der Waals surface area contributed by atoms with Crippen LogP contribution < -0.4 is 5.32 Å². The van der Waals surface area contributed by atoms with Gasteiger partial charge in [-0.1, -0.05) is 23.4 Å². The molecule has 158 valence electrons. The minimum Gasteiger partial charge on any atom is -0.364 e. The fourth-order valence-corrected chi connectivity index (χ4v) is 2.72. The summed E-state index contributed by atoms with van der Waals surface area (Å²) in [5.74, 6) is -2.99. The lowest BCUT2D eigenvalue weighted by Crippen LogP contribution is -2.30. The van der Waals surface area contributed by atoms with E-state index in [1.807, 2.05) is 0 Å². The van der Waals surface area contributed by atoms with Gasteiger partial charge in [-0.25, -0.2) is 14.4 Å². The van der Waals surface area contributed by atoms with Crippen LogP contribution in [0.3, 0.4) is 0 Å². The van der Waals surface area contributed by atoms with E-state index in [1.165, 1.54) is 29.3 Å². The molecule has 0 unspecified atom stereocenters. The highest BCUT2D eigenvalue weighted by molar-refractivity contribution is 5.94. The maximum Gasteiger partial charge on any atom is 0.471 e. The second-order valence-corrected chi connectivity index (χ2v) is 6.27. The van der Waals surface area contributed by atoms with Gasteiger partial charge in [-0.3, -0.25) is 9.48 Å². The fourth-order valence-electron chi connectivity index (χ4n) is 2.72.